The van der Waals surface area contributed by atoms with Gasteiger partial charge < -0.3 is 0 Å². The Labute approximate surface area is 447 Å². The van der Waals surface area contributed by atoms with E-state index in [1.54, 1.807) is 0 Å². The predicted molar refractivity (Wildman–Crippen MR) is 326 cm³/mol. The molecule has 0 amide bonds. The highest BCUT2D eigenvalue weighted by Gasteiger charge is 2.27. The maximum atomic E-state index is 4.60. The number of aryl methyl sites for hydroxylation is 8. The average molecular weight is 969 g/mol. The van der Waals surface area contributed by atoms with Crippen molar-refractivity contribution in [3.05, 3.63) is 308 Å². The highest BCUT2D eigenvalue weighted by atomic mass is 14.3. The number of benzene rings is 9. The molecule has 9 aromatic rings. The van der Waals surface area contributed by atoms with Gasteiger partial charge in [-0.2, -0.15) is 0 Å². The van der Waals surface area contributed by atoms with Crippen molar-refractivity contribution in [2.75, 3.05) is 0 Å². The fraction of sp³-hybridized carbons (Fsp3) is 0.216. The molecule has 0 aliphatic heterocycles. The van der Waals surface area contributed by atoms with Crippen molar-refractivity contribution >= 4 is 11.1 Å². The van der Waals surface area contributed by atoms with Crippen LogP contribution in [-0.4, -0.2) is 0 Å². The van der Waals surface area contributed by atoms with E-state index >= 15 is 0 Å². The molecule has 0 nitrogen and oxygen atoms in total. The molecule has 0 N–H and O–H groups in total. The lowest BCUT2D eigenvalue weighted by molar-refractivity contribution is 0.631. The van der Waals surface area contributed by atoms with Crippen LogP contribution < -0.4 is 0 Å². The van der Waals surface area contributed by atoms with Crippen LogP contribution in [0.25, 0.3) is 33.4 Å². The van der Waals surface area contributed by atoms with Crippen LogP contribution in [0.4, 0.5) is 0 Å². The minimum absolute atomic E-state index is 0.0662. The van der Waals surface area contributed by atoms with Gasteiger partial charge in [-0.05, 0) is 168 Å². The van der Waals surface area contributed by atoms with Gasteiger partial charge in [-0.25, -0.2) is 0 Å². The zero-order valence-electron chi connectivity index (χ0n) is 47.0. The van der Waals surface area contributed by atoms with Gasteiger partial charge >= 0.3 is 0 Å². The Bertz CT molecular complexity index is 2980. The first-order valence-corrected chi connectivity index (χ1v) is 26.5. The molecule has 0 atom stereocenters. The van der Waals surface area contributed by atoms with Gasteiger partial charge in [-0.1, -0.05) is 271 Å². The molecule has 9 aromatic carbocycles. The molecule has 0 saturated carbocycles. The molecule has 0 fully saturated rings. The van der Waals surface area contributed by atoms with E-state index in [0.717, 1.165) is 44.5 Å². The second-order valence-corrected chi connectivity index (χ2v) is 20.9. The number of hydrogen-bond acceptors (Lipinski definition) is 0. The molecule has 0 radical (unpaired) electrons. The topological polar surface area (TPSA) is 0 Å². The summed E-state index contributed by atoms with van der Waals surface area (Å²) >= 11 is 0. The third kappa shape index (κ3) is 13.2. The van der Waals surface area contributed by atoms with Crippen LogP contribution in [0.1, 0.15) is 131 Å². The lowest BCUT2D eigenvalue weighted by Crippen LogP contribution is -2.21. The van der Waals surface area contributed by atoms with E-state index in [9.17, 15) is 0 Å². The summed E-state index contributed by atoms with van der Waals surface area (Å²) in [4.78, 5) is 0. The van der Waals surface area contributed by atoms with Crippen LogP contribution in [0.2, 0.25) is 0 Å². The summed E-state index contributed by atoms with van der Waals surface area (Å²) in [7, 11) is 0. The van der Waals surface area contributed by atoms with Crippen LogP contribution in [0.3, 0.4) is 0 Å². The van der Waals surface area contributed by atoms with Crippen LogP contribution in [0.15, 0.2) is 219 Å². The molecule has 0 aliphatic rings. The smallest absolute Gasteiger partial charge is 0.0151 e. The van der Waals surface area contributed by atoms with E-state index in [-0.39, 0.29) is 10.8 Å². The lowest BCUT2D eigenvalue weighted by atomic mass is 9.75. The normalized spacial score (nSPS) is 10.9. The summed E-state index contributed by atoms with van der Waals surface area (Å²) in [6.07, 6.45) is 0. The minimum atomic E-state index is 0.0662. The SMILES string of the molecule is C=C(c1ccc(C)cc1)c1cc(-c2ccc(C)cc2)c(C(=C)c2ccc(C)cc2)cc1-c1ccc(C)cc1.CC.Cc1ccccc1C(C)(C)c1ccccc1C.Cc1ccccc1C(C)(C)c1ccccc1C. The fourth-order valence-corrected chi connectivity index (χ4v) is 10.3. The predicted octanol–water partition coefficient (Wildman–Crippen LogP) is 20.7. The van der Waals surface area contributed by atoms with E-state index in [2.05, 4.69) is 302 Å². The zero-order chi connectivity index (χ0) is 53.7. The first kappa shape index (κ1) is 55.8. The first-order valence-electron chi connectivity index (χ1n) is 26.5. The van der Waals surface area contributed by atoms with Crippen LogP contribution in [0.5, 0.6) is 0 Å². The fourth-order valence-electron chi connectivity index (χ4n) is 10.3. The molecule has 0 unspecified atom stereocenters. The van der Waals surface area contributed by atoms with Crippen molar-refractivity contribution in [3.63, 3.8) is 0 Å². The Balaban J connectivity index is 0.000000205. The first-order chi connectivity index (χ1) is 35.4. The summed E-state index contributed by atoms with van der Waals surface area (Å²) in [6, 6.07) is 74.1. The van der Waals surface area contributed by atoms with E-state index in [1.807, 2.05) is 13.8 Å². The Hall–Kier alpha value is -7.54. The third-order valence-electron chi connectivity index (χ3n) is 14.6. The highest BCUT2D eigenvalue weighted by molar-refractivity contribution is 5.96. The second-order valence-electron chi connectivity index (χ2n) is 20.9. The van der Waals surface area contributed by atoms with Crippen LogP contribution in [0, 0.1) is 55.4 Å². The van der Waals surface area contributed by atoms with Crippen molar-refractivity contribution in [2.24, 2.45) is 0 Å². The zero-order valence-corrected chi connectivity index (χ0v) is 47.0. The molecule has 0 aromatic heterocycles. The third-order valence-corrected chi connectivity index (χ3v) is 14.6. The summed E-state index contributed by atoms with van der Waals surface area (Å²) in [6.45, 7) is 39.7. The quantitative estimate of drug-likeness (QED) is 0.128. The lowest BCUT2D eigenvalue weighted by Gasteiger charge is -2.29. The maximum Gasteiger partial charge on any atom is 0.0151 e. The van der Waals surface area contributed by atoms with Crippen LogP contribution in [-0.2, 0) is 10.8 Å². The largest absolute Gasteiger partial charge is 0.0905 e. The van der Waals surface area contributed by atoms with Gasteiger partial charge in [0.05, 0.1) is 0 Å². The van der Waals surface area contributed by atoms with E-state index in [1.165, 1.54) is 77.9 Å². The van der Waals surface area contributed by atoms with Gasteiger partial charge in [0, 0.05) is 10.8 Å². The van der Waals surface area contributed by atoms with Crippen molar-refractivity contribution in [1.82, 2.24) is 0 Å². The molecular weight excluding hydrogens is 889 g/mol. The summed E-state index contributed by atoms with van der Waals surface area (Å²) < 4.78 is 0. The van der Waals surface area contributed by atoms with Gasteiger partial charge in [0.25, 0.3) is 0 Å². The molecule has 0 heteroatoms. The van der Waals surface area contributed by atoms with Gasteiger partial charge in [0.2, 0.25) is 0 Å². The summed E-state index contributed by atoms with van der Waals surface area (Å²) in [5.74, 6) is 0. The molecular formula is C74H80. The molecule has 0 heterocycles. The van der Waals surface area contributed by atoms with Gasteiger partial charge in [-0.3, -0.25) is 0 Å². The van der Waals surface area contributed by atoms with Crippen molar-refractivity contribution in [2.45, 2.75) is 108 Å². The molecule has 0 saturated heterocycles. The van der Waals surface area contributed by atoms with Gasteiger partial charge in [0.1, 0.15) is 0 Å². The Morgan fingerprint density at radius 2 is 0.514 bits per heavy atom. The van der Waals surface area contributed by atoms with E-state index in [4.69, 9.17) is 0 Å². The van der Waals surface area contributed by atoms with Crippen LogP contribution >= 0.6 is 0 Å². The maximum absolute atomic E-state index is 4.60. The van der Waals surface area contributed by atoms with Gasteiger partial charge in [-0.15, -0.1) is 0 Å². The minimum Gasteiger partial charge on any atom is -0.0905 e. The van der Waals surface area contributed by atoms with Crippen molar-refractivity contribution in [1.29, 1.82) is 0 Å². The number of rotatable bonds is 10. The molecule has 0 bridgehead atoms. The number of hydrogen-bond donors (Lipinski definition) is 0. The average Bonchev–Trinajstić information content (AvgIpc) is 3.40. The molecule has 0 spiro atoms. The highest BCUT2D eigenvalue weighted by Crippen LogP contribution is 2.42. The second kappa shape index (κ2) is 24.9. The molecule has 74 heavy (non-hydrogen) atoms. The monoisotopic (exact) mass is 969 g/mol. The Morgan fingerprint density at radius 3 is 0.743 bits per heavy atom. The van der Waals surface area contributed by atoms with Gasteiger partial charge in [0.15, 0.2) is 0 Å². The molecule has 376 valence electrons. The van der Waals surface area contributed by atoms with E-state index < -0.39 is 0 Å². The van der Waals surface area contributed by atoms with Crippen molar-refractivity contribution < 1.29 is 0 Å². The van der Waals surface area contributed by atoms with E-state index in [0.29, 0.717) is 0 Å². The molecule has 0 aliphatic carbocycles. The molecule has 9 rings (SSSR count). The Morgan fingerprint density at radius 1 is 0.297 bits per heavy atom. The Kier molecular flexibility index (Phi) is 18.8. The summed E-state index contributed by atoms with van der Waals surface area (Å²) in [5.41, 5.74) is 27.4. The van der Waals surface area contributed by atoms with Crippen molar-refractivity contribution in [3.8, 4) is 22.3 Å². The summed E-state index contributed by atoms with van der Waals surface area (Å²) in [5, 5.41) is 0. The standard InChI is InChI=1S/C38H34.2C17H20.C2H6/c1-25-7-15-31(16-8-25)29(5)35-23-38(34-21-13-28(4)14-22-34)36(30(6)32-17-9-26(2)10-18-32)24-37(35)33-19-11-27(3)12-20-33;2*1-13-9-5-7-11-15(13)17(3,4)16-12-8-6-10-14(16)2;1-2/h7-24H,5-6H2,1-4H3;2*5-12H,1-4H3;1-2H3.